The fourth-order valence-corrected chi connectivity index (χ4v) is 3.83. The zero-order valence-electron chi connectivity index (χ0n) is 18.4. The number of para-hydroxylation sites is 1. The first kappa shape index (κ1) is 20.5. The Balaban J connectivity index is 1.56. The largest absolute Gasteiger partial charge is 0.497 e. The highest BCUT2D eigenvalue weighted by atomic mass is 16.5. The maximum Gasteiger partial charge on any atom is 0.168 e. The molecule has 0 saturated heterocycles. The monoisotopic (exact) mass is 437 g/mol. The van der Waals surface area contributed by atoms with Crippen LogP contribution in [0.4, 0.5) is 0 Å². The summed E-state index contributed by atoms with van der Waals surface area (Å²) in [6.45, 7) is 0.554. The number of ether oxygens (including phenoxy) is 2. The smallest absolute Gasteiger partial charge is 0.168 e. The van der Waals surface area contributed by atoms with Gasteiger partial charge in [-0.2, -0.15) is 0 Å². The van der Waals surface area contributed by atoms with Crippen LogP contribution in [-0.2, 0) is 6.54 Å². The predicted octanol–water partition coefficient (Wildman–Crippen LogP) is 4.86. The van der Waals surface area contributed by atoms with Gasteiger partial charge in [-0.3, -0.25) is 4.57 Å². The molecular formula is C26H23N5O2. The van der Waals surface area contributed by atoms with Gasteiger partial charge in [-0.1, -0.05) is 42.5 Å². The summed E-state index contributed by atoms with van der Waals surface area (Å²) in [5.41, 5.74) is 4.04. The van der Waals surface area contributed by atoms with Gasteiger partial charge in [-0.15, -0.1) is 10.2 Å². The first-order chi connectivity index (χ1) is 16.3. The third kappa shape index (κ3) is 4.08. The highest BCUT2D eigenvalue weighted by Gasteiger charge is 2.17. The van der Waals surface area contributed by atoms with Gasteiger partial charge in [0.05, 0.1) is 27.1 Å². The van der Waals surface area contributed by atoms with Gasteiger partial charge in [0.2, 0.25) is 0 Å². The van der Waals surface area contributed by atoms with Gasteiger partial charge in [0.15, 0.2) is 11.6 Å². The maximum absolute atomic E-state index is 5.52. The van der Waals surface area contributed by atoms with Crippen molar-refractivity contribution in [3.63, 3.8) is 0 Å². The molecule has 0 aliphatic carbocycles. The minimum absolute atomic E-state index is 0.554. The van der Waals surface area contributed by atoms with Crippen LogP contribution in [0.2, 0.25) is 0 Å². The zero-order chi connectivity index (χ0) is 22.6. The minimum Gasteiger partial charge on any atom is -0.497 e. The topological polar surface area (TPSA) is 67.0 Å². The Bertz CT molecular complexity index is 1340. The van der Waals surface area contributed by atoms with Crippen LogP contribution in [0.25, 0.3) is 28.2 Å². The van der Waals surface area contributed by atoms with E-state index in [1.807, 2.05) is 53.2 Å². The Hall–Kier alpha value is -4.39. The van der Waals surface area contributed by atoms with Gasteiger partial charge in [-0.25, -0.2) is 4.98 Å². The third-order valence-electron chi connectivity index (χ3n) is 5.50. The average molecular weight is 438 g/mol. The molecule has 0 spiro atoms. The van der Waals surface area contributed by atoms with Crippen molar-refractivity contribution in [2.75, 3.05) is 14.2 Å². The molecule has 2 aromatic heterocycles. The van der Waals surface area contributed by atoms with Gasteiger partial charge < -0.3 is 14.0 Å². The van der Waals surface area contributed by atoms with Crippen LogP contribution in [0.3, 0.4) is 0 Å². The quantitative estimate of drug-likeness (QED) is 0.364. The SMILES string of the molecule is COc1ccc(-n2c(Cn3ccnc3)nnc2-c2ccc(-c3ccccc3OC)cc2)cc1. The summed E-state index contributed by atoms with van der Waals surface area (Å²) in [6, 6.07) is 24.2. The Morgan fingerprint density at radius 1 is 0.788 bits per heavy atom. The molecule has 0 N–H and O–H groups in total. The molecule has 0 amide bonds. The third-order valence-corrected chi connectivity index (χ3v) is 5.50. The summed E-state index contributed by atoms with van der Waals surface area (Å²) in [5.74, 6) is 3.21. The van der Waals surface area contributed by atoms with Crippen molar-refractivity contribution in [2.24, 2.45) is 0 Å². The molecule has 0 saturated carbocycles. The molecule has 164 valence electrons. The van der Waals surface area contributed by atoms with Crippen LogP contribution in [0.5, 0.6) is 11.5 Å². The van der Waals surface area contributed by atoms with E-state index in [0.29, 0.717) is 6.54 Å². The molecule has 7 heteroatoms. The normalized spacial score (nSPS) is 10.8. The van der Waals surface area contributed by atoms with E-state index in [1.54, 1.807) is 26.7 Å². The summed E-state index contributed by atoms with van der Waals surface area (Å²) in [4.78, 5) is 4.14. The molecular weight excluding hydrogens is 414 g/mol. The van der Waals surface area contributed by atoms with Crippen molar-refractivity contribution in [3.05, 3.63) is 97.3 Å². The van der Waals surface area contributed by atoms with E-state index in [9.17, 15) is 0 Å². The first-order valence-corrected chi connectivity index (χ1v) is 10.5. The molecule has 0 bridgehead atoms. The number of benzene rings is 3. The van der Waals surface area contributed by atoms with E-state index in [1.165, 1.54) is 0 Å². The lowest BCUT2D eigenvalue weighted by molar-refractivity contribution is 0.414. The van der Waals surface area contributed by atoms with E-state index < -0.39 is 0 Å². The summed E-state index contributed by atoms with van der Waals surface area (Å²) in [6.07, 6.45) is 5.44. The van der Waals surface area contributed by atoms with Crippen LogP contribution in [0, 0.1) is 0 Å². The lowest BCUT2D eigenvalue weighted by atomic mass is 10.0. The Labute approximate surface area is 191 Å². The van der Waals surface area contributed by atoms with Crippen molar-refractivity contribution in [3.8, 4) is 39.7 Å². The van der Waals surface area contributed by atoms with Crippen molar-refractivity contribution in [1.29, 1.82) is 0 Å². The molecule has 7 nitrogen and oxygen atoms in total. The number of nitrogens with zero attached hydrogens (tertiary/aromatic N) is 5. The van der Waals surface area contributed by atoms with E-state index in [4.69, 9.17) is 9.47 Å². The molecule has 0 unspecified atom stereocenters. The summed E-state index contributed by atoms with van der Waals surface area (Å²) in [5, 5.41) is 9.05. The van der Waals surface area contributed by atoms with Crippen molar-refractivity contribution >= 4 is 0 Å². The first-order valence-electron chi connectivity index (χ1n) is 10.5. The lowest BCUT2D eigenvalue weighted by Crippen LogP contribution is -2.07. The maximum atomic E-state index is 5.52. The fraction of sp³-hybridized carbons (Fsp3) is 0.115. The number of methoxy groups -OCH3 is 2. The predicted molar refractivity (Wildman–Crippen MR) is 127 cm³/mol. The molecule has 5 rings (SSSR count). The number of rotatable bonds is 7. The van der Waals surface area contributed by atoms with Crippen LogP contribution in [-0.4, -0.2) is 38.5 Å². The van der Waals surface area contributed by atoms with E-state index in [-0.39, 0.29) is 0 Å². The number of aromatic nitrogens is 5. The van der Waals surface area contributed by atoms with Crippen molar-refractivity contribution in [2.45, 2.75) is 6.54 Å². The average Bonchev–Trinajstić information content (AvgIpc) is 3.55. The molecule has 33 heavy (non-hydrogen) atoms. The van der Waals surface area contributed by atoms with Crippen molar-refractivity contribution < 1.29 is 9.47 Å². The summed E-state index contributed by atoms with van der Waals surface area (Å²) < 4.78 is 14.9. The Morgan fingerprint density at radius 3 is 2.24 bits per heavy atom. The molecule has 5 aromatic rings. The fourth-order valence-electron chi connectivity index (χ4n) is 3.83. The van der Waals surface area contributed by atoms with E-state index in [0.717, 1.165) is 45.5 Å². The van der Waals surface area contributed by atoms with Crippen LogP contribution >= 0.6 is 0 Å². The molecule has 0 aliphatic heterocycles. The number of hydrogen-bond donors (Lipinski definition) is 0. The van der Waals surface area contributed by atoms with Gasteiger partial charge in [-0.05, 0) is 35.9 Å². The summed E-state index contributed by atoms with van der Waals surface area (Å²) in [7, 11) is 3.35. The molecule has 0 aliphatic rings. The zero-order valence-corrected chi connectivity index (χ0v) is 18.4. The second-order valence-electron chi connectivity index (χ2n) is 7.49. The minimum atomic E-state index is 0.554. The number of imidazole rings is 1. The molecule has 0 radical (unpaired) electrons. The van der Waals surface area contributed by atoms with Gasteiger partial charge in [0.1, 0.15) is 11.5 Å². The Morgan fingerprint density at radius 2 is 1.55 bits per heavy atom. The second kappa shape index (κ2) is 9.00. The molecule has 0 atom stereocenters. The highest BCUT2D eigenvalue weighted by molar-refractivity contribution is 5.73. The van der Waals surface area contributed by atoms with Crippen molar-refractivity contribution in [1.82, 2.24) is 24.3 Å². The van der Waals surface area contributed by atoms with Crippen LogP contribution in [0.1, 0.15) is 5.82 Å². The highest BCUT2D eigenvalue weighted by Crippen LogP contribution is 2.32. The van der Waals surface area contributed by atoms with Gasteiger partial charge >= 0.3 is 0 Å². The summed E-state index contributed by atoms with van der Waals surface area (Å²) >= 11 is 0. The lowest BCUT2D eigenvalue weighted by Gasteiger charge is -2.13. The van der Waals surface area contributed by atoms with Gasteiger partial charge in [0.25, 0.3) is 0 Å². The van der Waals surface area contributed by atoms with Crippen LogP contribution < -0.4 is 9.47 Å². The van der Waals surface area contributed by atoms with E-state index in [2.05, 4.69) is 50.1 Å². The molecule has 0 fully saturated rings. The van der Waals surface area contributed by atoms with E-state index >= 15 is 0 Å². The molecule has 2 heterocycles. The molecule has 3 aromatic carbocycles. The standard InChI is InChI=1S/C26H23N5O2/c1-32-22-13-11-21(12-14-22)31-25(17-30-16-15-27-18-30)28-29-26(31)20-9-7-19(8-10-20)23-5-3-4-6-24(23)33-2/h3-16,18H,17H2,1-2H3. The number of hydrogen-bond acceptors (Lipinski definition) is 5. The van der Waals surface area contributed by atoms with Gasteiger partial charge in [0, 0.05) is 29.2 Å². The second-order valence-corrected chi connectivity index (χ2v) is 7.49. The Kier molecular flexibility index (Phi) is 5.59. The van der Waals surface area contributed by atoms with Crippen LogP contribution in [0.15, 0.2) is 91.5 Å².